The molecule has 1 aliphatic heterocycles. The van der Waals surface area contributed by atoms with Gasteiger partial charge >= 0.3 is 6.18 Å². The molecule has 0 aromatic carbocycles. The van der Waals surface area contributed by atoms with Crippen molar-refractivity contribution in [2.75, 3.05) is 40.3 Å². The molecule has 0 aromatic heterocycles. The quantitative estimate of drug-likeness (QED) is 0.563. The molecule has 1 rings (SSSR count). The van der Waals surface area contributed by atoms with Gasteiger partial charge in [-0.25, -0.2) is 0 Å². The average molecular weight is 267 g/mol. The van der Waals surface area contributed by atoms with E-state index in [4.69, 9.17) is 0 Å². The highest BCUT2D eigenvalue weighted by Crippen LogP contribution is 2.30. The van der Waals surface area contributed by atoms with Crippen LogP contribution in [0.25, 0.3) is 0 Å². The minimum atomic E-state index is -4.39. The van der Waals surface area contributed by atoms with Gasteiger partial charge < -0.3 is 9.80 Å². The molecule has 0 bridgehead atoms. The summed E-state index contributed by atoms with van der Waals surface area (Å²) in [5, 5.41) is -0.433. The second-order valence-electron chi connectivity index (χ2n) is 3.81. The summed E-state index contributed by atoms with van der Waals surface area (Å²) in [5.74, 6) is 0. The fraction of sp³-hybridized carbons (Fsp3) is 0.700. The van der Waals surface area contributed by atoms with Crippen molar-refractivity contribution >= 4 is 16.8 Å². The second-order valence-corrected chi connectivity index (χ2v) is 4.87. The monoisotopic (exact) mass is 267 g/mol. The Morgan fingerprint density at radius 2 is 1.76 bits per heavy atom. The topological polar surface area (TPSA) is 18.8 Å². The molecule has 0 atom stereocenters. The summed E-state index contributed by atoms with van der Waals surface area (Å²) in [4.78, 5) is 7.26. The van der Waals surface area contributed by atoms with E-state index in [0.717, 1.165) is 20.1 Å². The molecule has 1 fully saturated rings. The van der Waals surface area contributed by atoms with Gasteiger partial charge in [-0.1, -0.05) is 6.58 Å². The molecule has 1 aliphatic rings. The molecule has 1 saturated heterocycles. The van der Waals surface area contributed by atoms with Crippen molar-refractivity contribution in [3.05, 3.63) is 11.6 Å². The first-order valence-corrected chi connectivity index (χ1v) is 6.00. The van der Waals surface area contributed by atoms with Gasteiger partial charge in [-0.3, -0.25) is 4.99 Å². The van der Waals surface area contributed by atoms with E-state index in [-0.39, 0.29) is 0 Å². The Hall–Kier alpha value is -0.690. The number of thioether (sulfide) groups is 1. The van der Waals surface area contributed by atoms with Crippen molar-refractivity contribution in [2.24, 2.45) is 4.99 Å². The van der Waals surface area contributed by atoms with E-state index in [0.29, 0.717) is 29.9 Å². The third-order valence-corrected chi connectivity index (χ3v) is 3.62. The molecular formula is C10H16F3N3S. The zero-order chi connectivity index (χ0) is 13.1. The van der Waals surface area contributed by atoms with Gasteiger partial charge in [0.05, 0.1) is 5.03 Å². The van der Waals surface area contributed by atoms with Gasteiger partial charge in [-0.15, -0.1) is 0 Å². The van der Waals surface area contributed by atoms with Crippen molar-refractivity contribution in [3.8, 4) is 0 Å². The highest BCUT2D eigenvalue weighted by atomic mass is 32.2. The number of hydrogen-bond acceptors (Lipinski definition) is 4. The van der Waals surface area contributed by atoms with E-state index >= 15 is 0 Å². The van der Waals surface area contributed by atoms with Gasteiger partial charge in [0.2, 0.25) is 0 Å². The molecule has 1 heterocycles. The van der Waals surface area contributed by atoms with Crippen molar-refractivity contribution < 1.29 is 13.2 Å². The van der Waals surface area contributed by atoms with Crippen LogP contribution in [-0.2, 0) is 0 Å². The average Bonchev–Trinajstić information content (AvgIpc) is 2.24. The SMILES string of the molecule is C=C(SC(=NC)C(F)(F)F)N1CCN(C)CC1. The van der Waals surface area contributed by atoms with Crippen LogP contribution in [0.2, 0.25) is 0 Å². The van der Waals surface area contributed by atoms with Crippen molar-refractivity contribution in [3.63, 3.8) is 0 Å². The summed E-state index contributed by atoms with van der Waals surface area (Å²) in [7, 11) is 3.13. The molecular weight excluding hydrogens is 251 g/mol. The van der Waals surface area contributed by atoms with Gasteiger partial charge in [0.25, 0.3) is 0 Å². The number of alkyl halides is 3. The Kier molecular flexibility index (Phi) is 4.88. The Balaban J connectivity index is 2.54. The minimum absolute atomic E-state index is 0.413. The number of piperazine rings is 1. The number of aliphatic imine (C=N–C) groups is 1. The maximum atomic E-state index is 12.5. The lowest BCUT2D eigenvalue weighted by atomic mass is 10.3. The van der Waals surface area contributed by atoms with Crippen molar-refractivity contribution in [1.29, 1.82) is 0 Å². The number of nitrogens with zero attached hydrogens (tertiary/aromatic N) is 3. The summed E-state index contributed by atoms with van der Waals surface area (Å²) >= 11 is 0.597. The Bertz CT molecular complexity index is 306. The number of likely N-dealkylation sites (N-methyl/N-ethyl adjacent to an activating group) is 1. The van der Waals surface area contributed by atoms with E-state index in [2.05, 4.69) is 16.5 Å². The third-order valence-electron chi connectivity index (χ3n) is 2.52. The van der Waals surface area contributed by atoms with Crippen LogP contribution in [0, 0.1) is 0 Å². The van der Waals surface area contributed by atoms with E-state index in [1.165, 1.54) is 0 Å². The molecule has 0 unspecified atom stereocenters. The highest BCUT2D eigenvalue weighted by molar-refractivity contribution is 8.17. The van der Waals surface area contributed by atoms with Crippen molar-refractivity contribution in [2.45, 2.75) is 6.18 Å². The zero-order valence-electron chi connectivity index (χ0n) is 9.92. The van der Waals surface area contributed by atoms with Gasteiger partial charge in [-0.05, 0) is 18.8 Å². The first-order chi connectivity index (χ1) is 7.84. The molecule has 0 saturated carbocycles. The summed E-state index contributed by atoms with van der Waals surface area (Å²) in [6.07, 6.45) is -4.39. The standard InChI is InChI=1S/C10H16F3N3S/c1-8(16-6-4-15(3)5-7-16)17-9(14-2)10(11,12)13/h1,4-7H2,2-3H3. The molecule has 98 valence electrons. The molecule has 0 aromatic rings. The van der Waals surface area contributed by atoms with Crippen LogP contribution >= 0.6 is 11.8 Å². The fourth-order valence-electron chi connectivity index (χ4n) is 1.46. The molecule has 0 radical (unpaired) electrons. The third kappa shape index (κ3) is 4.23. The van der Waals surface area contributed by atoms with Gasteiger partial charge in [0.15, 0.2) is 5.04 Å². The fourth-order valence-corrected chi connectivity index (χ4v) is 2.20. The van der Waals surface area contributed by atoms with E-state index in [1.54, 1.807) is 0 Å². The molecule has 0 spiro atoms. The van der Waals surface area contributed by atoms with Crippen molar-refractivity contribution in [1.82, 2.24) is 9.80 Å². The first-order valence-electron chi connectivity index (χ1n) is 5.19. The van der Waals surface area contributed by atoms with Crippen LogP contribution in [0.4, 0.5) is 13.2 Å². The summed E-state index contributed by atoms with van der Waals surface area (Å²) < 4.78 is 37.5. The number of halogens is 3. The van der Waals surface area contributed by atoms with Gasteiger partial charge in [0, 0.05) is 33.2 Å². The maximum Gasteiger partial charge on any atom is 0.439 e. The predicted molar refractivity (Wildman–Crippen MR) is 65.2 cm³/mol. The van der Waals surface area contributed by atoms with Crippen LogP contribution in [0.15, 0.2) is 16.6 Å². The number of rotatable bonds is 2. The Morgan fingerprint density at radius 1 is 1.24 bits per heavy atom. The zero-order valence-corrected chi connectivity index (χ0v) is 10.7. The van der Waals surface area contributed by atoms with E-state index < -0.39 is 11.2 Å². The van der Waals surface area contributed by atoms with Gasteiger partial charge in [-0.2, -0.15) is 13.2 Å². The predicted octanol–water partition coefficient (Wildman–Crippen LogP) is 2.03. The largest absolute Gasteiger partial charge is 0.439 e. The molecule has 0 N–H and O–H groups in total. The van der Waals surface area contributed by atoms with Crippen LogP contribution < -0.4 is 0 Å². The van der Waals surface area contributed by atoms with Crippen LogP contribution in [0.5, 0.6) is 0 Å². The second kappa shape index (κ2) is 5.77. The van der Waals surface area contributed by atoms with Crippen LogP contribution in [0.3, 0.4) is 0 Å². The lowest BCUT2D eigenvalue weighted by molar-refractivity contribution is -0.0555. The molecule has 3 nitrogen and oxygen atoms in total. The normalized spacial score (nSPS) is 19.6. The minimum Gasteiger partial charge on any atom is -0.364 e. The molecule has 0 amide bonds. The molecule has 17 heavy (non-hydrogen) atoms. The van der Waals surface area contributed by atoms with Crippen LogP contribution in [0.1, 0.15) is 0 Å². The van der Waals surface area contributed by atoms with E-state index in [1.807, 2.05) is 11.9 Å². The number of hydrogen-bond donors (Lipinski definition) is 0. The Morgan fingerprint density at radius 3 is 2.18 bits per heavy atom. The van der Waals surface area contributed by atoms with E-state index in [9.17, 15) is 13.2 Å². The smallest absolute Gasteiger partial charge is 0.364 e. The van der Waals surface area contributed by atoms with Crippen LogP contribution in [-0.4, -0.2) is 61.3 Å². The lowest BCUT2D eigenvalue weighted by Gasteiger charge is -2.34. The lowest BCUT2D eigenvalue weighted by Crippen LogP contribution is -2.43. The first kappa shape index (κ1) is 14.4. The van der Waals surface area contributed by atoms with Gasteiger partial charge in [0.1, 0.15) is 0 Å². The molecule has 7 heteroatoms. The summed E-state index contributed by atoms with van der Waals surface area (Å²) in [6, 6.07) is 0. The molecule has 0 aliphatic carbocycles. The summed E-state index contributed by atoms with van der Waals surface area (Å²) in [5.41, 5.74) is 0. The Labute approximate surface area is 103 Å². The maximum absolute atomic E-state index is 12.5. The highest BCUT2D eigenvalue weighted by Gasteiger charge is 2.37. The summed E-state index contributed by atoms with van der Waals surface area (Å²) in [6.45, 7) is 6.78.